The largest absolute Gasteiger partial charge is 0.222 e. The van der Waals surface area contributed by atoms with Gasteiger partial charge in [-0.3, -0.25) is 0 Å². The molecular weight excluding hydrogens is 436 g/mol. The van der Waals surface area contributed by atoms with E-state index in [1.54, 1.807) is 6.07 Å². The van der Waals surface area contributed by atoms with Crippen molar-refractivity contribution in [2.75, 3.05) is 0 Å². The molecule has 1 aliphatic heterocycles. The number of rotatable bonds is 6. The molecule has 0 amide bonds. The summed E-state index contributed by atoms with van der Waals surface area (Å²) < 4.78 is 34.2. The lowest BCUT2D eigenvalue weighted by molar-refractivity contribution is -0.755. The summed E-state index contributed by atoms with van der Waals surface area (Å²) >= 11 is 0. The first-order valence-corrected chi connectivity index (χ1v) is 13.2. The molecule has 184 valence electrons. The van der Waals surface area contributed by atoms with Crippen molar-refractivity contribution in [3.63, 3.8) is 0 Å². The molecule has 0 N–H and O–H groups in total. The molecule has 5 rings (SSSR count). The highest BCUT2D eigenvalue weighted by molar-refractivity contribution is 6.02. The normalized spacial score (nSPS) is 24.5. The van der Waals surface area contributed by atoms with Crippen LogP contribution in [0.5, 0.6) is 0 Å². The van der Waals surface area contributed by atoms with Crippen LogP contribution in [0.3, 0.4) is 0 Å². The van der Waals surface area contributed by atoms with Gasteiger partial charge in [-0.2, -0.15) is 4.57 Å². The fourth-order valence-electron chi connectivity index (χ4n) is 7.29. The summed E-state index contributed by atoms with van der Waals surface area (Å²) in [6.45, 7) is 19.5. The summed E-state index contributed by atoms with van der Waals surface area (Å²) in [5.41, 5.74) is 4.26. The molecule has 0 fully saturated rings. The smallest absolute Gasteiger partial charge is 0.207 e. The Kier molecular flexibility index (Phi) is 5.33. The van der Waals surface area contributed by atoms with Crippen LogP contribution < -0.4 is 4.57 Å². The summed E-state index contributed by atoms with van der Waals surface area (Å²) in [5.74, 6) is 0.0632. The quantitative estimate of drug-likeness (QED) is 0.250. The number of allylic oxidation sites excluding steroid dienone is 1. The Morgan fingerprint density at radius 1 is 1.03 bits per heavy atom. The molecule has 0 bridgehead atoms. The van der Waals surface area contributed by atoms with Crippen LogP contribution in [0, 0.1) is 17.6 Å². The summed E-state index contributed by atoms with van der Waals surface area (Å²) in [6.07, 6.45) is 7.49. The highest BCUT2D eigenvalue weighted by Gasteiger charge is 2.60. The molecule has 0 saturated heterocycles. The van der Waals surface area contributed by atoms with Gasteiger partial charge in [0.1, 0.15) is 11.6 Å². The highest BCUT2D eigenvalue weighted by Crippen LogP contribution is 2.58. The SMILES string of the molecule is C=CC1(CC)[n+]2ccc3c(F)c(CC(C)CC)cc4c3c2-c2c(ccc(F)c2C4(C)C)C1(C)CC. The standard InChI is InChI=1S/C32H38F2N/c1-9-19(5)17-20-18-23-25-21(28(20)34)15-16-35-29(25)26-22(13-14-24(33)27(26)30(23,6)7)31(8,10-2)32(35,11-3)12-4/h11,13-16,18-19H,3,9-10,12,17H2,1-2,4-8H3/q+1. The monoisotopic (exact) mass is 474 g/mol. The topological polar surface area (TPSA) is 3.88 Å². The number of hydrogen-bond donors (Lipinski definition) is 0. The number of halogens is 2. The second kappa shape index (κ2) is 7.72. The van der Waals surface area contributed by atoms with E-state index in [1.807, 2.05) is 24.4 Å². The van der Waals surface area contributed by atoms with Crippen LogP contribution in [0.15, 0.2) is 43.1 Å². The molecule has 1 aromatic heterocycles. The summed E-state index contributed by atoms with van der Waals surface area (Å²) in [7, 11) is 0. The zero-order chi connectivity index (χ0) is 25.5. The van der Waals surface area contributed by atoms with Crippen LogP contribution in [0.4, 0.5) is 8.78 Å². The lowest BCUT2D eigenvalue weighted by atomic mass is 9.56. The first-order chi connectivity index (χ1) is 16.5. The second-order valence-electron chi connectivity index (χ2n) is 11.6. The minimum absolute atomic E-state index is 0.130. The maximum absolute atomic E-state index is 16.1. The first kappa shape index (κ1) is 24.2. The average molecular weight is 475 g/mol. The van der Waals surface area contributed by atoms with Crippen molar-refractivity contribution in [1.82, 2.24) is 0 Å². The Hall–Kier alpha value is -2.55. The van der Waals surface area contributed by atoms with Gasteiger partial charge in [-0.15, -0.1) is 0 Å². The van der Waals surface area contributed by atoms with Crippen molar-refractivity contribution in [2.45, 2.75) is 90.5 Å². The number of pyridine rings is 1. The maximum atomic E-state index is 16.1. The van der Waals surface area contributed by atoms with Crippen molar-refractivity contribution in [3.8, 4) is 11.3 Å². The Balaban J connectivity index is 2.04. The summed E-state index contributed by atoms with van der Waals surface area (Å²) in [5, 5.41) is 1.58. The third-order valence-electron chi connectivity index (χ3n) is 9.76. The third kappa shape index (κ3) is 2.76. The van der Waals surface area contributed by atoms with E-state index in [0.717, 1.165) is 58.2 Å². The Morgan fingerprint density at radius 2 is 1.74 bits per heavy atom. The molecule has 3 heteroatoms. The van der Waals surface area contributed by atoms with E-state index in [2.05, 4.69) is 65.7 Å². The zero-order valence-corrected chi connectivity index (χ0v) is 22.3. The van der Waals surface area contributed by atoms with Gasteiger partial charge in [0.05, 0.1) is 16.4 Å². The van der Waals surface area contributed by atoms with Gasteiger partial charge in [-0.25, -0.2) is 8.78 Å². The molecular formula is C32H38F2N+. The zero-order valence-electron chi connectivity index (χ0n) is 22.3. The van der Waals surface area contributed by atoms with Crippen LogP contribution in [-0.4, -0.2) is 0 Å². The lowest BCUT2D eigenvalue weighted by Crippen LogP contribution is -2.68. The van der Waals surface area contributed by atoms with E-state index in [1.165, 1.54) is 0 Å². The van der Waals surface area contributed by atoms with E-state index >= 15 is 8.78 Å². The molecule has 0 spiro atoms. The molecule has 2 aliphatic rings. The van der Waals surface area contributed by atoms with E-state index in [0.29, 0.717) is 17.7 Å². The fraction of sp³-hybridized carbons (Fsp3) is 0.469. The van der Waals surface area contributed by atoms with E-state index in [4.69, 9.17) is 0 Å². The predicted octanol–water partition coefficient (Wildman–Crippen LogP) is 8.27. The van der Waals surface area contributed by atoms with Gasteiger partial charge >= 0.3 is 0 Å². The number of aromatic nitrogens is 1. The van der Waals surface area contributed by atoms with Gasteiger partial charge in [-0.1, -0.05) is 66.7 Å². The van der Waals surface area contributed by atoms with Gasteiger partial charge in [0.25, 0.3) is 0 Å². The second-order valence-corrected chi connectivity index (χ2v) is 11.6. The van der Waals surface area contributed by atoms with Gasteiger partial charge in [-0.05, 0) is 54.5 Å². The third-order valence-corrected chi connectivity index (χ3v) is 9.76. The van der Waals surface area contributed by atoms with Gasteiger partial charge < -0.3 is 0 Å². The molecule has 35 heavy (non-hydrogen) atoms. The number of benzene rings is 2. The van der Waals surface area contributed by atoms with Crippen molar-refractivity contribution >= 4 is 10.8 Å². The number of hydrogen-bond acceptors (Lipinski definition) is 0. The molecule has 3 unspecified atom stereocenters. The minimum Gasteiger partial charge on any atom is -0.207 e. The Morgan fingerprint density at radius 3 is 2.34 bits per heavy atom. The van der Waals surface area contributed by atoms with Gasteiger partial charge in [0.15, 0.2) is 11.7 Å². The molecule has 3 aromatic rings. The molecule has 0 radical (unpaired) electrons. The molecule has 3 atom stereocenters. The predicted molar refractivity (Wildman–Crippen MR) is 141 cm³/mol. The van der Waals surface area contributed by atoms with Gasteiger partial charge in [0.2, 0.25) is 5.69 Å². The van der Waals surface area contributed by atoms with Crippen LogP contribution in [-0.2, 0) is 22.8 Å². The maximum Gasteiger partial charge on any atom is 0.222 e. The van der Waals surface area contributed by atoms with Crippen LogP contribution in [0.25, 0.3) is 22.0 Å². The summed E-state index contributed by atoms with van der Waals surface area (Å²) in [6, 6.07) is 7.61. The van der Waals surface area contributed by atoms with Crippen LogP contribution in [0.1, 0.15) is 90.0 Å². The molecule has 1 nitrogen and oxygen atoms in total. The molecule has 1 aliphatic carbocycles. The molecule has 2 heterocycles. The van der Waals surface area contributed by atoms with Gasteiger partial charge in [0, 0.05) is 28.9 Å². The average Bonchev–Trinajstić information content (AvgIpc) is 2.84. The number of nitrogens with zero attached hydrogens (tertiary/aromatic N) is 1. The van der Waals surface area contributed by atoms with Crippen LogP contribution in [0.2, 0.25) is 0 Å². The first-order valence-electron chi connectivity index (χ1n) is 13.2. The van der Waals surface area contributed by atoms with Crippen molar-refractivity contribution in [1.29, 1.82) is 0 Å². The lowest BCUT2D eigenvalue weighted by Gasteiger charge is -2.49. The minimum atomic E-state index is -0.590. The highest BCUT2D eigenvalue weighted by atomic mass is 19.1. The van der Waals surface area contributed by atoms with Crippen molar-refractivity contribution < 1.29 is 13.3 Å². The van der Waals surface area contributed by atoms with Crippen molar-refractivity contribution in [2.24, 2.45) is 5.92 Å². The van der Waals surface area contributed by atoms with E-state index in [-0.39, 0.29) is 17.0 Å². The van der Waals surface area contributed by atoms with E-state index < -0.39 is 11.0 Å². The van der Waals surface area contributed by atoms with Crippen LogP contribution >= 0.6 is 0 Å². The molecule has 2 aromatic carbocycles. The molecule has 0 saturated carbocycles. The Bertz CT molecular complexity index is 1380. The Labute approximate surface area is 208 Å². The fourth-order valence-corrected chi connectivity index (χ4v) is 7.29. The van der Waals surface area contributed by atoms with E-state index in [9.17, 15) is 0 Å². The van der Waals surface area contributed by atoms with Crippen molar-refractivity contribution in [3.05, 3.63) is 77.0 Å². The summed E-state index contributed by atoms with van der Waals surface area (Å²) in [4.78, 5) is 0.